The molecule has 1 unspecified atom stereocenters. The maximum absolute atomic E-state index is 13.1. The number of fused-ring (bicyclic) bond motifs is 1. The Morgan fingerprint density at radius 2 is 2.26 bits per heavy atom. The summed E-state index contributed by atoms with van der Waals surface area (Å²) in [6.45, 7) is 1.93. The summed E-state index contributed by atoms with van der Waals surface area (Å²) in [6.07, 6.45) is 1.57. The highest BCUT2D eigenvalue weighted by Crippen LogP contribution is 2.35. The van der Waals surface area contributed by atoms with Crippen molar-refractivity contribution in [1.82, 2.24) is 9.78 Å². The number of halogens is 1. The van der Waals surface area contributed by atoms with E-state index in [4.69, 9.17) is 4.74 Å². The van der Waals surface area contributed by atoms with Crippen molar-refractivity contribution in [1.29, 1.82) is 0 Å². The van der Waals surface area contributed by atoms with Crippen molar-refractivity contribution in [3.05, 3.63) is 47.0 Å². The molecule has 0 aliphatic carbocycles. The number of benzene rings is 1. The summed E-state index contributed by atoms with van der Waals surface area (Å²) in [5.41, 5.74) is 2.17. The number of carbonyl (C=O) groups is 1. The van der Waals surface area contributed by atoms with Crippen LogP contribution < -0.4 is 4.74 Å². The smallest absolute Gasteiger partial charge is 0.170 e. The molecule has 0 N–H and O–H groups in total. The molecule has 3 rings (SSSR count). The minimum Gasteiger partial charge on any atom is -0.484 e. The average Bonchev–Trinajstić information content (AvgIpc) is 2.71. The van der Waals surface area contributed by atoms with E-state index in [1.807, 2.05) is 14.0 Å². The second-order valence-electron chi connectivity index (χ2n) is 4.68. The molecule has 1 atom stereocenters. The number of aromatic nitrogens is 2. The van der Waals surface area contributed by atoms with Crippen LogP contribution in [-0.4, -0.2) is 15.6 Å². The molecule has 0 bridgehead atoms. The molecular weight excluding hydrogens is 247 g/mol. The molecular formula is C14H13FN2O2. The van der Waals surface area contributed by atoms with Gasteiger partial charge in [-0.2, -0.15) is 5.10 Å². The first-order valence-corrected chi connectivity index (χ1v) is 6.04. The van der Waals surface area contributed by atoms with Crippen molar-refractivity contribution in [3.63, 3.8) is 0 Å². The topological polar surface area (TPSA) is 44.1 Å². The molecule has 0 amide bonds. The van der Waals surface area contributed by atoms with Crippen LogP contribution in [0.1, 0.15) is 34.1 Å². The van der Waals surface area contributed by atoms with Crippen LogP contribution in [0.4, 0.5) is 4.39 Å². The van der Waals surface area contributed by atoms with Gasteiger partial charge in [-0.05, 0) is 25.1 Å². The van der Waals surface area contributed by atoms with Gasteiger partial charge in [0, 0.05) is 18.3 Å². The van der Waals surface area contributed by atoms with E-state index in [0.717, 1.165) is 11.3 Å². The second-order valence-corrected chi connectivity index (χ2v) is 4.68. The van der Waals surface area contributed by atoms with Gasteiger partial charge >= 0.3 is 0 Å². The lowest BCUT2D eigenvalue weighted by molar-refractivity contribution is 0.0848. The van der Waals surface area contributed by atoms with Crippen LogP contribution in [0, 0.1) is 12.7 Å². The zero-order valence-electron chi connectivity index (χ0n) is 10.7. The van der Waals surface area contributed by atoms with Gasteiger partial charge in [0.15, 0.2) is 5.78 Å². The van der Waals surface area contributed by atoms with Crippen LogP contribution in [0.15, 0.2) is 24.4 Å². The Balaban J connectivity index is 1.99. The first-order chi connectivity index (χ1) is 9.06. The molecule has 98 valence electrons. The third-order valence-electron chi connectivity index (χ3n) is 3.50. The molecule has 19 heavy (non-hydrogen) atoms. The fraction of sp³-hybridized carbons (Fsp3) is 0.286. The van der Waals surface area contributed by atoms with Gasteiger partial charge in [0.25, 0.3) is 0 Å². The lowest BCUT2D eigenvalue weighted by Gasteiger charge is -2.25. The lowest BCUT2D eigenvalue weighted by Crippen LogP contribution is -2.21. The van der Waals surface area contributed by atoms with E-state index >= 15 is 0 Å². The summed E-state index contributed by atoms with van der Waals surface area (Å²) >= 11 is 0. The summed E-state index contributed by atoms with van der Waals surface area (Å²) in [5, 5.41) is 4.15. The van der Waals surface area contributed by atoms with Gasteiger partial charge in [-0.3, -0.25) is 9.48 Å². The summed E-state index contributed by atoms with van der Waals surface area (Å²) in [7, 11) is 1.84. The predicted octanol–water partition coefficient (Wildman–Crippen LogP) is 2.57. The Morgan fingerprint density at radius 3 is 2.95 bits per heavy atom. The summed E-state index contributed by atoms with van der Waals surface area (Å²) < 4.78 is 20.7. The minimum atomic E-state index is -0.424. The Kier molecular flexibility index (Phi) is 2.62. The Morgan fingerprint density at radius 1 is 1.47 bits per heavy atom. The van der Waals surface area contributed by atoms with E-state index in [0.29, 0.717) is 11.3 Å². The Hall–Kier alpha value is -2.17. The number of aryl methyl sites for hydroxylation is 1. The largest absolute Gasteiger partial charge is 0.484 e. The van der Waals surface area contributed by atoms with Gasteiger partial charge in [-0.15, -0.1) is 0 Å². The number of nitrogens with zero attached hydrogens (tertiary/aromatic N) is 2. The monoisotopic (exact) mass is 260 g/mol. The molecule has 5 heteroatoms. The van der Waals surface area contributed by atoms with Crippen LogP contribution in [0.25, 0.3) is 0 Å². The quantitative estimate of drug-likeness (QED) is 0.791. The molecule has 1 aliphatic rings. The zero-order chi connectivity index (χ0) is 13.6. The lowest BCUT2D eigenvalue weighted by atomic mass is 9.96. The van der Waals surface area contributed by atoms with Crippen molar-refractivity contribution >= 4 is 5.78 Å². The van der Waals surface area contributed by atoms with Gasteiger partial charge < -0.3 is 4.74 Å². The van der Waals surface area contributed by atoms with E-state index < -0.39 is 5.82 Å². The maximum Gasteiger partial charge on any atom is 0.170 e. The molecule has 0 spiro atoms. The van der Waals surface area contributed by atoms with Crippen LogP contribution in [0.2, 0.25) is 0 Å². The second kappa shape index (κ2) is 4.19. The molecule has 1 aromatic carbocycles. The summed E-state index contributed by atoms with van der Waals surface area (Å²) in [5.74, 6) is -0.0911. The first kappa shape index (κ1) is 11.9. The highest BCUT2D eigenvalue weighted by Gasteiger charge is 2.29. The SMILES string of the molecule is Cc1c(C2CC(=O)c3cc(F)ccc3O2)cnn1C. The van der Waals surface area contributed by atoms with Crippen molar-refractivity contribution < 1.29 is 13.9 Å². The third-order valence-corrected chi connectivity index (χ3v) is 3.50. The van der Waals surface area contributed by atoms with Gasteiger partial charge in [-0.1, -0.05) is 0 Å². The van der Waals surface area contributed by atoms with E-state index in [1.54, 1.807) is 10.9 Å². The third kappa shape index (κ3) is 1.91. The zero-order valence-corrected chi connectivity index (χ0v) is 10.7. The number of hydrogen-bond donors (Lipinski definition) is 0. The van der Waals surface area contributed by atoms with E-state index in [9.17, 15) is 9.18 Å². The minimum absolute atomic E-state index is 0.103. The van der Waals surface area contributed by atoms with Crippen molar-refractivity contribution in [2.45, 2.75) is 19.4 Å². The molecule has 4 nitrogen and oxygen atoms in total. The number of rotatable bonds is 1. The standard InChI is InChI=1S/C14H13FN2O2/c1-8-11(7-16-17(8)2)14-6-12(18)10-5-9(15)3-4-13(10)19-14/h3-5,7,14H,6H2,1-2H3. The van der Waals surface area contributed by atoms with E-state index in [2.05, 4.69) is 5.10 Å². The molecule has 0 radical (unpaired) electrons. The average molecular weight is 260 g/mol. The Labute approximate surface area is 109 Å². The normalized spacial score (nSPS) is 18.1. The molecule has 0 saturated heterocycles. The fourth-order valence-electron chi connectivity index (χ4n) is 2.30. The van der Waals surface area contributed by atoms with Crippen LogP contribution in [0.5, 0.6) is 5.75 Å². The van der Waals surface area contributed by atoms with Crippen LogP contribution >= 0.6 is 0 Å². The maximum atomic E-state index is 13.1. The fourth-order valence-corrected chi connectivity index (χ4v) is 2.30. The van der Waals surface area contributed by atoms with Gasteiger partial charge in [0.05, 0.1) is 18.2 Å². The molecule has 0 saturated carbocycles. The van der Waals surface area contributed by atoms with Crippen molar-refractivity contribution in [2.24, 2.45) is 7.05 Å². The highest BCUT2D eigenvalue weighted by molar-refractivity contribution is 6.00. The summed E-state index contributed by atoms with van der Waals surface area (Å²) in [6, 6.07) is 4.02. The molecule has 2 aromatic rings. The van der Waals surface area contributed by atoms with Crippen LogP contribution in [0.3, 0.4) is 0 Å². The molecule has 1 aromatic heterocycles. The van der Waals surface area contributed by atoms with Gasteiger partial charge in [0.2, 0.25) is 0 Å². The van der Waals surface area contributed by atoms with Crippen molar-refractivity contribution in [3.8, 4) is 5.75 Å². The Bertz CT molecular complexity index is 663. The highest BCUT2D eigenvalue weighted by atomic mass is 19.1. The summed E-state index contributed by atoms with van der Waals surface area (Å²) in [4.78, 5) is 12.1. The number of ether oxygens (including phenoxy) is 1. The molecule has 0 fully saturated rings. The van der Waals surface area contributed by atoms with Gasteiger partial charge in [-0.25, -0.2) is 4.39 Å². The van der Waals surface area contributed by atoms with Crippen LogP contribution in [-0.2, 0) is 7.05 Å². The molecule has 1 aliphatic heterocycles. The number of ketones is 1. The number of hydrogen-bond acceptors (Lipinski definition) is 3. The number of Topliss-reactive ketones (excluding diaryl/α,β-unsaturated/α-hetero) is 1. The van der Waals surface area contributed by atoms with E-state index in [-0.39, 0.29) is 18.3 Å². The molecule has 2 heterocycles. The van der Waals surface area contributed by atoms with E-state index in [1.165, 1.54) is 18.2 Å². The van der Waals surface area contributed by atoms with Gasteiger partial charge in [0.1, 0.15) is 17.7 Å². The predicted molar refractivity (Wildman–Crippen MR) is 66.7 cm³/mol. The number of carbonyl (C=O) groups excluding carboxylic acids is 1. The first-order valence-electron chi connectivity index (χ1n) is 6.04. The van der Waals surface area contributed by atoms with Crippen molar-refractivity contribution in [2.75, 3.05) is 0 Å².